The van der Waals surface area contributed by atoms with Crippen LogP contribution >= 0.6 is 11.3 Å². The van der Waals surface area contributed by atoms with Gasteiger partial charge in [0.05, 0.1) is 10.9 Å². The fourth-order valence-corrected chi connectivity index (χ4v) is 5.02. The van der Waals surface area contributed by atoms with Gasteiger partial charge in [-0.15, -0.1) is 11.3 Å². The molecule has 156 valence electrons. The summed E-state index contributed by atoms with van der Waals surface area (Å²) in [6, 6.07) is 28.0. The molecule has 5 nitrogen and oxygen atoms in total. The highest BCUT2D eigenvalue weighted by Gasteiger charge is 2.19. The summed E-state index contributed by atoms with van der Waals surface area (Å²) in [5, 5.41) is 5.06. The lowest BCUT2D eigenvalue weighted by atomic mass is 10.0. The maximum atomic E-state index is 12.9. The molecule has 1 heterocycles. The number of carbonyl (C=O) groups is 1. The molecule has 0 aliphatic carbocycles. The molecule has 1 atom stereocenters. The van der Waals surface area contributed by atoms with E-state index >= 15 is 0 Å². The summed E-state index contributed by atoms with van der Waals surface area (Å²) in [6.45, 7) is 0. The number of sulfonamides is 1. The summed E-state index contributed by atoms with van der Waals surface area (Å²) in [5.41, 5.74) is 1.82. The Morgan fingerprint density at radius 3 is 2.03 bits per heavy atom. The van der Waals surface area contributed by atoms with Crippen molar-refractivity contribution in [1.29, 1.82) is 0 Å². The fourth-order valence-electron chi connectivity index (χ4n) is 3.14. The van der Waals surface area contributed by atoms with Gasteiger partial charge in [0.2, 0.25) is 0 Å². The Labute approximate surface area is 185 Å². The van der Waals surface area contributed by atoms with Crippen LogP contribution in [0, 0.1) is 0 Å². The number of hydrogen-bond donors (Lipinski definition) is 2. The summed E-state index contributed by atoms with van der Waals surface area (Å²) < 4.78 is 27.5. The van der Waals surface area contributed by atoms with Crippen molar-refractivity contribution in [3.8, 4) is 0 Å². The van der Waals surface area contributed by atoms with Crippen LogP contribution in [0.25, 0.3) is 0 Å². The Kier molecular flexibility index (Phi) is 6.16. The van der Waals surface area contributed by atoms with Crippen LogP contribution in [0.4, 0.5) is 5.69 Å². The second kappa shape index (κ2) is 9.16. The van der Waals surface area contributed by atoms with Gasteiger partial charge in [-0.3, -0.25) is 9.52 Å². The molecule has 0 saturated carbocycles. The number of thiophene rings is 1. The summed E-state index contributed by atoms with van der Waals surface area (Å²) >= 11 is 1.58. The molecule has 4 aromatic rings. The number of rotatable bonds is 7. The molecule has 0 saturated heterocycles. The van der Waals surface area contributed by atoms with Crippen LogP contribution in [-0.2, 0) is 10.0 Å². The minimum atomic E-state index is -3.68. The molecule has 2 N–H and O–H groups in total. The van der Waals surface area contributed by atoms with Gasteiger partial charge < -0.3 is 5.32 Å². The van der Waals surface area contributed by atoms with Crippen molar-refractivity contribution in [2.75, 3.05) is 4.72 Å². The molecule has 0 bridgehead atoms. The molecule has 1 unspecified atom stereocenters. The average molecular weight is 449 g/mol. The van der Waals surface area contributed by atoms with Gasteiger partial charge in [0.15, 0.2) is 0 Å². The molecule has 0 radical (unpaired) electrons. The summed E-state index contributed by atoms with van der Waals surface area (Å²) in [6.07, 6.45) is 0. The van der Waals surface area contributed by atoms with Gasteiger partial charge in [0, 0.05) is 16.1 Å². The predicted molar refractivity (Wildman–Crippen MR) is 124 cm³/mol. The molecule has 31 heavy (non-hydrogen) atoms. The Morgan fingerprint density at radius 2 is 1.42 bits per heavy atom. The molecular weight excluding hydrogens is 428 g/mol. The van der Waals surface area contributed by atoms with Crippen molar-refractivity contribution < 1.29 is 13.2 Å². The molecule has 0 aliphatic heterocycles. The number of nitrogens with one attached hydrogen (secondary N) is 2. The first-order valence-corrected chi connectivity index (χ1v) is 12.0. The van der Waals surface area contributed by atoms with E-state index < -0.39 is 10.0 Å². The Hall–Kier alpha value is -3.42. The smallest absolute Gasteiger partial charge is 0.261 e. The van der Waals surface area contributed by atoms with Crippen LogP contribution in [0.1, 0.15) is 26.8 Å². The predicted octanol–water partition coefficient (Wildman–Crippen LogP) is 5.07. The molecule has 1 amide bonds. The Bertz CT molecular complexity index is 1240. The van der Waals surface area contributed by atoms with E-state index in [4.69, 9.17) is 0 Å². The van der Waals surface area contributed by atoms with Crippen LogP contribution < -0.4 is 10.0 Å². The largest absolute Gasteiger partial charge is 0.340 e. The number of amides is 1. The van der Waals surface area contributed by atoms with E-state index in [9.17, 15) is 13.2 Å². The third-order valence-electron chi connectivity index (χ3n) is 4.69. The molecule has 0 aliphatic rings. The minimum absolute atomic E-state index is 0.179. The van der Waals surface area contributed by atoms with Crippen molar-refractivity contribution in [3.63, 3.8) is 0 Å². The highest BCUT2D eigenvalue weighted by atomic mass is 32.2. The molecule has 0 fully saturated rings. The van der Waals surface area contributed by atoms with Gasteiger partial charge in [-0.25, -0.2) is 8.42 Å². The van der Waals surface area contributed by atoms with E-state index in [0.717, 1.165) is 10.4 Å². The molecular formula is C24H20N2O3S2. The first-order chi connectivity index (χ1) is 15.0. The zero-order chi connectivity index (χ0) is 21.7. The van der Waals surface area contributed by atoms with E-state index in [0.29, 0.717) is 11.3 Å². The lowest BCUT2D eigenvalue weighted by Gasteiger charge is -2.18. The van der Waals surface area contributed by atoms with E-state index in [1.54, 1.807) is 53.8 Å². The van der Waals surface area contributed by atoms with Gasteiger partial charge >= 0.3 is 0 Å². The number of hydrogen-bond acceptors (Lipinski definition) is 4. The van der Waals surface area contributed by atoms with Crippen molar-refractivity contribution in [3.05, 3.63) is 118 Å². The van der Waals surface area contributed by atoms with Crippen molar-refractivity contribution in [1.82, 2.24) is 5.32 Å². The van der Waals surface area contributed by atoms with Crippen LogP contribution in [0.3, 0.4) is 0 Å². The van der Waals surface area contributed by atoms with Gasteiger partial charge in [-0.1, -0.05) is 54.6 Å². The van der Waals surface area contributed by atoms with Crippen LogP contribution in [0.15, 0.2) is 107 Å². The third-order valence-corrected chi connectivity index (χ3v) is 7.02. The maximum Gasteiger partial charge on any atom is 0.261 e. The van der Waals surface area contributed by atoms with Crippen molar-refractivity contribution >= 4 is 33.0 Å². The SMILES string of the molecule is O=C(NC(c1ccccc1)c1cccs1)c1ccc(NS(=O)(=O)c2ccccc2)cc1. The number of carbonyl (C=O) groups excluding carboxylic acids is 1. The van der Waals surface area contributed by atoms with E-state index in [2.05, 4.69) is 10.0 Å². The average Bonchev–Trinajstić information content (AvgIpc) is 3.33. The van der Waals surface area contributed by atoms with Gasteiger partial charge in [0.1, 0.15) is 0 Å². The topological polar surface area (TPSA) is 75.3 Å². The fraction of sp³-hybridized carbons (Fsp3) is 0.0417. The van der Waals surface area contributed by atoms with Crippen molar-refractivity contribution in [2.24, 2.45) is 0 Å². The lowest BCUT2D eigenvalue weighted by molar-refractivity contribution is 0.0943. The van der Waals surface area contributed by atoms with E-state index in [1.165, 1.54) is 12.1 Å². The normalized spacial score (nSPS) is 12.1. The standard InChI is InChI=1S/C24H20N2O3S2/c27-24(25-23(22-12-7-17-30-22)18-8-3-1-4-9-18)19-13-15-20(16-14-19)26-31(28,29)21-10-5-2-6-11-21/h1-17,23,26H,(H,25,27). The molecule has 0 spiro atoms. The zero-order valence-corrected chi connectivity index (χ0v) is 18.1. The van der Waals surface area contributed by atoms with Crippen LogP contribution in [0.2, 0.25) is 0 Å². The van der Waals surface area contributed by atoms with Gasteiger partial charge in [-0.05, 0) is 53.4 Å². The monoisotopic (exact) mass is 448 g/mol. The summed E-state index contributed by atoms with van der Waals surface area (Å²) in [5.74, 6) is -0.236. The maximum absolute atomic E-state index is 12.9. The lowest BCUT2D eigenvalue weighted by Crippen LogP contribution is -2.28. The first-order valence-electron chi connectivity index (χ1n) is 9.60. The third kappa shape index (κ3) is 5.02. The van der Waals surface area contributed by atoms with Gasteiger partial charge in [-0.2, -0.15) is 0 Å². The Balaban J connectivity index is 1.50. The van der Waals surface area contributed by atoms with Crippen LogP contribution in [0.5, 0.6) is 0 Å². The Morgan fingerprint density at radius 1 is 0.774 bits per heavy atom. The number of benzene rings is 3. The first kappa shape index (κ1) is 20.8. The molecule has 1 aromatic heterocycles. The van der Waals surface area contributed by atoms with E-state index in [-0.39, 0.29) is 16.8 Å². The van der Waals surface area contributed by atoms with Gasteiger partial charge in [0.25, 0.3) is 15.9 Å². The molecule has 4 rings (SSSR count). The quantitative estimate of drug-likeness (QED) is 0.415. The molecule has 7 heteroatoms. The number of anilines is 1. The second-order valence-electron chi connectivity index (χ2n) is 6.83. The summed E-state index contributed by atoms with van der Waals surface area (Å²) in [7, 11) is -3.68. The highest BCUT2D eigenvalue weighted by molar-refractivity contribution is 7.92. The highest BCUT2D eigenvalue weighted by Crippen LogP contribution is 2.26. The zero-order valence-electron chi connectivity index (χ0n) is 16.4. The summed E-state index contributed by atoms with van der Waals surface area (Å²) in [4.78, 5) is 14.1. The second-order valence-corrected chi connectivity index (χ2v) is 9.49. The van der Waals surface area contributed by atoms with E-state index in [1.807, 2.05) is 47.8 Å². The van der Waals surface area contributed by atoms with Crippen molar-refractivity contribution in [2.45, 2.75) is 10.9 Å². The molecule has 3 aromatic carbocycles. The van der Waals surface area contributed by atoms with Crippen LogP contribution in [-0.4, -0.2) is 14.3 Å². The minimum Gasteiger partial charge on any atom is -0.340 e.